The summed E-state index contributed by atoms with van der Waals surface area (Å²) >= 11 is 12.9. The van der Waals surface area contributed by atoms with Gasteiger partial charge in [0.25, 0.3) is 0 Å². The van der Waals surface area contributed by atoms with Crippen LogP contribution in [0.3, 0.4) is 0 Å². The fourth-order valence-corrected chi connectivity index (χ4v) is 2.61. The van der Waals surface area contributed by atoms with Crippen LogP contribution in [0, 0.1) is 0 Å². The fraction of sp³-hybridized carbons (Fsp3) is 0.0833. The summed E-state index contributed by atoms with van der Waals surface area (Å²) in [5.41, 5.74) is 0.776. The molecular formula is C12H8Cl2O3S. The van der Waals surface area contributed by atoms with E-state index in [-0.39, 0.29) is 17.2 Å². The van der Waals surface area contributed by atoms with E-state index in [2.05, 4.69) is 0 Å². The predicted molar refractivity (Wildman–Crippen MR) is 72.1 cm³/mol. The molecule has 0 saturated carbocycles. The lowest BCUT2D eigenvalue weighted by Crippen LogP contribution is -2.01. The second-order valence-electron chi connectivity index (χ2n) is 3.43. The Kier molecular flexibility index (Phi) is 4.11. The van der Waals surface area contributed by atoms with Gasteiger partial charge >= 0.3 is 5.97 Å². The van der Waals surface area contributed by atoms with Crippen LogP contribution in [0.5, 0.6) is 5.75 Å². The largest absolute Gasteiger partial charge is 0.485 e. The minimum Gasteiger partial charge on any atom is -0.485 e. The molecule has 0 unspecified atom stereocenters. The number of halogens is 2. The number of hydrogen-bond donors (Lipinski definition) is 1. The third-order valence-corrected chi connectivity index (χ3v) is 3.96. The standard InChI is InChI=1S/C12H8Cl2O3S/c13-8-4-2-1-3-7(8)5-17-10-9(14)6-18-11(10)12(15)16/h1-4,6H,5H2,(H,15,16). The van der Waals surface area contributed by atoms with Gasteiger partial charge in [-0.1, -0.05) is 41.4 Å². The van der Waals surface area contributed by atoms with Gasteiger partial charge in [0.2, 0.25) is 0 Å². The number of thiophene rings is 1. The Morgan fingerprint density at radius 3 is 2.67 bits per heavy atom. The van der Waals surface area contributed by atoms with Crippen molar-refractivity contribution < 1.29 is 14.6 Å². The molecule has 18 heavy (non-hydrogen) atoms. The highest BCUT2D eigenvalue weighted by Crippen LogP contribution is 2.35. The van der Waals surface area contributed by atoms with E-state index in [9.17, 15) is 4.79 Å². The molecule has 3 nitrogen and oxygen atoms in total. The molecule has 0 aliphatic rings. The van der Waals surface area contributed by atoms with E-state index in [0.29, 0.717) is 10.0 Å². The van der Waals surface area contributed by atoms with Crippen LogP contribution in [0.15, 0.2) is 29.6 Å². The first-order valence-electron chi connectivity index (χ1n) is 4.96. The van der Waals surface area contributed by atoms with E-state index in [1.807, 2.05) is 18.2 Å². The molecule has 0 fully saturated rings. The summed E-state index contributed by atoms with van der Waals surface area (Å²) in [4.78, 5) is 11.0. The predicted octanol–water partition coefficient (Wildman–Crippen LogP) is 4.33. The molecule has 94 valence electrons. The van der Waals surface area contributed by atoms with Crippen molar-refractivity contribution in [2.24, 2.45) is 0 Å². The summed E-state index contributed by atoms with van der Waals surface area (Å²) in [6.07, 6.45) is 0. The van der Waals surface area contributed by atoms with Crippen molar-refractivity contribution in [3.8, 4) is 5.75 Å². The van der Waals surface area contributed by atoms with Gasteiger partial charge in [0.05, 0.1) is 5.02 Å². The zero-order valence-corrected chi connectivity index (χ0v) is 11.4. The Bertz CT molecular complexity index is 580. The van der Waals surface area contributed by atoms with Crippen molar-refractivity contribution in [3.05, 3.63) is 50.1 Å². The number of benzene rings is 1. The van der Waals surface area contributed by atoms with Crippen molar-refractivity contribution >= 4 is 40.5 Å². The molecule has 6 heteroatoms. The number of carboxylic acid groups (broad SMARTS) is 1. The smallest absolute Gasteiger partial charge is 0.349 e. The van der Waals surface area contributed by atoms with Crippen LogP contribution in [-0.4, -0.2) is 11.1 Å². The molecule has 0 bridgehead atoms. The Morgan fingerprint density at radius 2 is 2.00 bits per heavy atom. The molecule has 0 saturated heterocycles. The van der Waals surface area contributed by atoms with Gasteiger partial charge in [-0.15, -0.1) is 11.3 Å². The summed E-state index contributed by atoms with van der Waals surface area (Å²) in [6.45, 7) is 0.177. The highest BCUT2D eigenvalue weighted by atomic mass is 35.5. The van der Waals surface area contributed by atoms with E-state index >= 15 is 0 Å². The first-order chi connectivity index (χ1) is 8.59. The molecule has 2 aromatic rings. The van der Waals surface area contributed by atoms with Crippen molar-refractivity contribution in [1.82, 2.24) is 0 Å². The Balaban J connectivity index is 2.18. The normalized spacial score (nSPS) is 10.3. The maximum Gasteiger partial charge on any atom is 0.349 e. The van der Waals surface area contributed by atoms with Crippen molar-refractivity contribution in [2.45, 2.75) is 6.61 Å². The van der Waals surface area contributed by atoms with Crippen molar-refractivity contribution in [1.29, 1.82) is 0 Å². The second kappa shape index (κ2) is 5.61. The van der Waals surface area contributed by atoms with E-state index in [1.54, 1.807) is 6.07 Å². The lowest BCUT2D eigenvalue weighted by atomic mass is 10.2. The number of hydrogen-bond acceptors (Lipinski definition) is 3. The average Bonchev–Trinajstić information content (AvgIpc) is 2.70. The van der Waals surface area contributed by atoms with Gasteiger partial charge in [-0.25, -0.2) is 4.79 Å². The number of carbonyl (C=O) groups is 1. The maximum atomic E-state index is 11.0. The highest BCUT2D eigenvalue weighted by Gasteiger charge is 2.18. The number of carboxylic acids is 1. The minimum absolute atomic E-state index is 0.0899. The first-order valence-corrected chi connectivity index (χ1v) is 6.59. The van der Waals surface area contributed by atoms with Gasteiger partial charge in [0.15, 0.2) is 10.6 Å². The van der Waals surface area contributed by atoms with Crippen LogP contribution < -0.4 is 4.74 Å². The lowest BCUT2D eigenvalue weighted by Gasteiger charge is -2.07. The number of aromatic carboxylic acids is 1. The molecule has 0 aliphatic carbocycles. The maximum absolute atomic E-state index is 11.0. The molecule has 1 N–H and O–H groups in total. The van der Waals surface area contributed by atoms with E-state index in [4.69, 9.17) is 33.0 Å². The second-order valence-corrected chi connectivity index (χ2v) is 5.12. The third kappa shape index (κ3) is 2.77. The zero-order valence-electron chi connectivity index (χ0n) is 9.02. The molecule has 1 aromatic heterocycles. The Labute approximate surface area is 118 Å². The quantitative estimate of drug-likeness (QED) is 0.914. The summed E-state index contributed by atoms with van der Waals surface area (Å²) in [5.74, 6) is -0.866. The van der Waals surface area contributed by atoms with Gasteiger partial charge in [-0.3, -0.25) is 0 Å². The number of rotatable bonds is 4. The molecule has 0 amide bonds. The van der Waals surface area contributed by atoms with Crippen LogP contribution in [0.2, 0.25) is 10.0 Å². The van der Waals surface area contributed by atoms with Gasteiger partial charge in [0.1, 0.15) is 6.61 Å². The molecule has 0 aliphatic heterocycles. The van der Waals surface area contributed by atoms with E-state index in [0.717, 1.165) is 16.9 Å². The van der Waals surface area contributed by atoms with Gasteiger partial charge in [0, 0.05) is 16.0 Å². The molecule has 0 atom stereocenters. The SMILES string of the molecule is O=C(O)c1scc(Cl)c1OCc1ccccc1Cl. The van der Waals surface area contributed by atoms with Crippen LogP contribution in [-0.2, 0) is 6.61 Å². The zero-order chi connectivity index (χ0) is 13.1. The summed E-state index contributed by atoms with van der Waals surface area (Å²) in [7, 11) is 0. The van der Waals surface area contributed by atoms with Crippen LogP contribution in [0.1, 0.15) is 15.2 Å². The monoisotopic (exact) mass is 302 g/mol. The van der Waals surface area contributed by atoms with Crippen molar-refractivity contribution in [2.75, 3.05) is 0 Å². The van der Waals surface area contributed by atoms with Crippen LogP contribution in [0.25, 0.3) is 0 Å². The summed E-state index contributed by atoms with van der Waals surface area (Å²) in [5, 5.41) is 11.4. The Morgan fingerprint density at radius 1 is 1.28 bits per heavy atom. The third-order valence-electron chi connectivity index (χ3n) is 2.23. The van der Waals surface area contributed by atoms with Crippen molar-refractivity contribution in [3.63, 3.8) is 0 Å². The van der Waals surface area contributed by atoms with E-state index < -0.39 is 5.97 Å². The molecule has 0 radical (unpaired) electrons. The van der Waals surface area contributed by atoms with E-state index in [1.165, 1.54) is 5.38 Å². The molecule has 0 spiro atoms. The number of ether oxygens (including phenoxy) is 1. The lowest BCUT2D eigenvalue weighted by molar-refractivity contribution is 0.0697. The molecule has 2 rings (SSSR count). The first kappa shape index (κ1) is 13.2. The highest BCUT2D eigenvalue weighted by molar-refractivity contribution is 7.13. The minimum atomic E-state index is -1.05. The topological polar surface area (TPSA) is 46.5 Å². The Hall–Kier alpha value is -1.23. The fourth-order valence-electron chi connectivity index (χ4n) is 1.37. The van der Waals surface area contributed by atoms with Gasteiger partial charge in [-0.2, -0.15) is 0 Å². The molecular weight excluding hydrogens is 295 g/mol. The van der Waals surface area contributed by atoms with Crippen LogP contribution in [0.4, 0.5) is 0 Å². The van der Waals surface area contributed by atoms with Gasteiger partial charge < -0.3 is 9.84 Å². The summed E-state index contributed by atoms with van der Waals surface area (Å²) < 4.78 is 5.45. The molecule has 1 heterocycles. The molecule has 1 aromatic carbocycles. The summed E-state index contributed by atoms with van der Waals surface area (Å²) in [6, 6.07) is 7.20. The van der Waals surface area contributed by atoms with Gasteiger partial charge in [-0.05, 0) is 6.07 Å². The average molecular weight is 303 g/mol. The van der Waals surface area contributed by atoms with Crippen LogP contribution >= 0.6 is 34.5 Å².